The second kappa shape index (κ2) is 7.63. The molecule has 0 spiro atoms. The topological polar surface area (TPSA) is 15.3 Å². The van der Waals surface area contributed by atoms with E-state index in [9.17, 15) is 0 Å². The van der Waals surface area contributed by atoms with Gasteiger partial charge in [-0.05, 0) is 54.9 Å². The molecule has 1 fully saturated rings. The van der Waals surface area contributed by atoms with E-state index in [0.29, 0.717) is 6.04 Å². The molecule has 1 aliphatic rings. The van der Waals surface area contributed by atoms with Gasteiger partial charge < -0.3 is 10.2 Å². The molecule has 0 aromatic carbocycles. The maximum absolute atomic E-state index is 3.63. The first-order valence-electron chi connectivity index (χ1n) is 6.95. The van der Waals surface area contributed by atoms with Crippen LogP contribution in [-0.4, -0.2) is 31.1 Å². The quantitative estimate of drug-likeness (QED) is 0.876. The van der Waals surface area contributed by atoms with Gasteiger partial charge in [-0.2, -0.15) is 0 Å². The van der Waals surface area contributed by atoms with E-state index in [-0.39, 0.29) is 0 Å². The van der Waals surface area contributed by atoms with Gasteiger partial charge in [-0.1, -0.05) is 12.8 Å². The van der Waals surface area contributed by atoms with Crippen molar-refractivity contribution in [3.8, 4) is 0 Å². The highest BCUT2D eigenvalue weighted by atomic mass is 79.9. The Morgan fingerprint density at radius 3 is 2.67 bits per heavy atom. The van der Waals surface area contributed by atoms with Gasteiger partial charge in [0, 0.05) is 33.9 Å². The SMILES string of the molecule is CC(NCCN1CCCCCC1)c1cc(Br)cs1. The zero-order valence-corrected chi connectivity index (χ0v) is 13.5. The van der Waals surface area contributed by atoms with E-state index in [2.05, 4.69) is 44.5 Å². The lowest BCUT2D eigenvalue weighted by molar-refractivity contribution is 0.280. The van der Waals surface area contributed by atoms with E-state index in [4.69, 9.17) is 0 Å². The van der Waals surface area contributed by atoms with Gasteiger partial charge in [0.25, 0.3) is 0 Å². The summed E-state index contributed by atoms with van der Waals surface area (Å²) in [5, 5.41) is 5.78. The summed E-state index contributed by atoms with van der Waals surface area (Å²) in [6.07, 6.45) is 5.61. The summed E-state index contributed by atoms with van der Waals surface area (Å²) in [5.41, 5.74) is 0. The van der Waals surface area contributed by atoms with Crippen molar-refractivity contribution in [2.75, 3.05) is 26.2 Å². The zero-order valence-electron chi connectivity index (χ0n) is 11.1. The monoisotopic (exact) mass is 330 g/mol. The highest BCUT2D eigenvalue weighted by Gasteiger charge is 2.10. The van der Waals surface area contributed by atoms with Crippen molar-refractivity contribution in [1.82, 2.24) is 10.2 Å². The highest BCUT2D eigenvalue weighted by molar-refractivity contribution is 9.10. The lowest BCUT2D eigenvalue weighted by Gasteiger charge is -2.21. The fraction of sp³-hybridized carbons (Fsp3) is 0.714. The minimum absolute atomic E-state index is 0.466. The summed E-state index contributed by atoms with van der Waals surface area (Å²) in [6.45, 7) is 7.12. The van der Waals surface area contributed by atoms with Gasteiger partial charge >= 0.3 is 0 Å². The van der Waals surface area contributed by atoms with Crippen LogP contribution in [0.4, 0.5) is 0 Å². The van der Waals surface area contributed by atoms with Crippen LogP contribution in [-0.2, 0) is 0 Å². The molecule has 1 unspecified atom stereocenters. The molecule has 1 atom stereocenters. The zero-order chi connectivity index (χ0) is 12.8. The van der Waals surface area contributed by atoms with E-state index in [1.54, 1.807) is 0 Å². The van der Waals surface area contributed by atoms with Crippen LogP contribution in [0.1, 0.15) is 43.5 Å². The summed E-state index contributed by atoms with van der Waals surface area (Å²) in [5.74, 6) is 0. The van der Waals surface area contributed by atoms with E-state index >= 15 is 0 Å². The number of likely N-dealkylation sites (tertiary alicyclic amines) is 1. The highest BCUT2D eigenvalue weighted by Crippen LogP contribution is 2.25. The Morgan fingerprint density at radius 2 is 2.06 bits per heavy atom. The Hall–Kier alpha value is 0.1000. The summed E-state index contributed by atoms with van der Waals surface area (Å²) in [6, 6.07) is 2.68. The molecule has 1 saturated heterocycles. The van der Waals surface area contributed by atoms with Crippen molar-refractivity contribution in [2.45, 2.75) is 38.6 Å². The van der Waals surface area contributed by atoms with Gasteiger partial charge in [0.1, 0.15) is 0 Å². The third-order valence-electron chi connectivity index (χ3n) is 3.59. The number of nitrogens with zero attached hydrogens (tertiary/aromatic N) is 1. The lowest BCUT2D eigenvalue weighted by atomic mass is 10.2. The van der Waals surface area contributed by atoms with Gasteiger partial charge in [-0.3, -0.25) is 0 Å². The second-order valence-electron chi connectivity index (χ2n) is 5.10. The van der Waals surface area contributed by atoms with E-state index in [1.165, 1.54) is 54.7 Å². The third-order valence-corrected chi connectivity index (χ3v) is 5.47. The molecule has 1 aromatic rings. The largest absolute Gasteiger partial charge is 0.308 e. The molecule has 2 rings (SSSR count). The molecule has 1 aromatic heterocycles. The van der Waals surface area contributed by atoms with Crippen LogP contribution in [0.3, 0.4) is 0 Å². The molecular weight excluding hydrogens is 308 g/mol. The van der Waals surface area contributed by atoms with Crippen LogP contribution in [0.5, 0.6) is 0 Å². The Morgan fingerprint density at radius 1 is 1.33 bits per heavy atom. The van der Waals surface area contributed by atoms with Gasteiger partial charge in [0.05, 0.1) is 0 Å². The van der Waals surface area contributed by atoms with Crippen LogP contribution >= 0.6 is 27.3 Å². The van der Waals surface area contributed by atoms with Crippen LogP contribution < -0.4 is 5.32 Å². The predicted octanol–water partition coefficient (Wildman–Crippen LogP) is 4.04. The number of rotatable bonds is 5. The van der Waals surface area contributed by atoms with Gasteiger partial charge in [0.2, 0.25) is 0 Å². The standard InChI is InChI=1S/C14H23BrN2S/c1-12(14-10-13(15)11-18-14)16-6-9-17-7-4-2-3-5-8-17/h10-12,16H,2-9H2,1H3. The summed E-state index contributed by atoms with van der Waals surface area (Å²) < 4.78 is 1.20. The average Bonchev–Trinajstić information content (AvgIpc) is 2.63. The smallest absolute Gasteiger partial charge is 0.0386 e. The fourth-order valence-electron chi connectivity index (χ4n) is 2.45. The minimum Gasteiger partial charge on any atom is -0.308 e. The molecule has 2 nitrogen and oxygen atoms in total. The molecule has 1 N–H and O–H groups in total. The molecule has 4 heteroatoms. The van der Waals surface area contributed by atoms with E-state index < -0.39 is 0 Å². The number of thiophene rings is 1. The number of nitrogens with one attached hydrogen (secondary N) is 1. The molecule has 18 heavy (non-hydrogen) atoms. The van der Waals surface area contributed by atoms with Crippen molar-refractivity contribution < 1.29 is 0 Å². The molecule has 102 valence electrons. The first-order chi connectivity index (χ1) is 8.75. The number of hydrogen-bond donors (Lipinski definition) is 1. The van der Waals surface area contributed by atoms with E-state index in [1.807, 2.05) is 11.3 Å². The van der Waals surface area contributed by atoms with Crippen molar-refractivity contribution in [1.29, 1.82) is 0 Å². The van der Waals surface area contributed by atoms with E-state index in [0.717, 1.165) is 6.54 Å². The Balaban J connectivity index is 1.68. The van der Waals surface area contributed by atoms with Crippen molar-refractivity contribution in [3.05, 3.63) is 20.8 Å². The Labute approximate surface area is 123 Å². The summed E-state index contributed by atoms with van der Waals surface area (Å²) in [4.78, 5) is 4.02. The molecule has 0 radical (unpaired) electrons. The molecule has 0 bridgehead atoms. The van der Waals surface area contributed by atoms with Crippen molar-refractivity contribution in [2.24, 2.45) is 0 Å². The van der Waals surface area contributed by atoms with Gasteiger partial charge in [-0.15, -0.1) is 11.3 Å². The Kier molecular flexibility index (Phi) is 6.15. The van der Waals surface area contributed by atoms with Gasteiger partial charge in [0.15, 0.2) is 0 Å². The molecule has 0 amide bonds. The molecular formula is C14H23BrN2S. The first kappa shape index (κ1) is 14.5. The number of hydrogen-bond acceptors (Lipinski definition) is 3. The maximum atomic E-state index is 3.63. The molecule has 1 aliphatic heterocycles. The minimum atomic E-state index is 0.466. The van der Waals surface area contributed by atoms with Crippen LogP contribution in [0.25, 0.3) is 0 Å². The van der Waals surface area contributed by atoms with Crippen LogP contribution in [0.15, 0.2) is 15.9 Å². The second-order valence-corrected chi connectivity index (χ2v) is 6.96. The maximum Gasteiger partial charge on any atom is 0.0386 e. The molecule has 2 heterocycles. The lowest BCUT2D eigenvalue weighted by Crippen LogP contribution is -2.33. The van der Waals surface area contributed by atoms with Crippen LogP contribution in [0, 0.1) is 0 Å². The first-order valence-corrected chi connectivity index (χ1v) is 8.62. The predicted molar refractivity (Wildman–Crippen MR) is 83.3 cm³/mol. The van der Waals surface area contributed by atoms with Crippen molar-refractivity contribution in [3.63, 3.8) is 0 Å². The third kappa shape index (κ3) is 4.65. The average molecular weight is 331 g/mol. The van der Waals surface area contributed by atoms with Crippen LogP contribution in [0.2, 0.25) is 0 Å². The van der Waals surface area contributed by atoms with Crippen molar-refractivity contribution >= 4 is 27.3 Å². The fourth-order valence-corrected chi connectivity index (χ4v) is 3.93. The molecule has 0 aliphatic carbocycles. The Bertz CT molecular complexity index is 345. The summed E-state index contributed by atoms with van der Waals surface area (Å²) >= 11 is 5.34. The summed E-state index contributed by atoms with van der Waals surface area (Å²) in [7, 11) is 0. The molecule has 0 saturated carbocycles. The van der Waals surface area contributed by atoms with Gasteiger partial charge in [-0.25, -0.2) is 0 Å². The number of halogens is 1. The normalized spacial score (nSPS) is 19.7.